The van der Waals surface area contributed by atoms with Crippen molar-refractivity contribution in [1.82, 2.24) is 15.2 Å². The monoisotopic (exact) mass is 223 g/mol. The molecule has 0 radical (unpaired) electrons. The van der Waals surface area contributed by atoms with E-state index in [4.69, 9.17) is 0 Å². The number of rotatable bonds is 4. The van der Waals surface area contributed by atoms with E-state index in [1.807, 2.05) is 5.51 Å². The van der Waals surface area contributed by atoms with Crippen LogP contribution in [0.1, 0.15) is 25.0 Å². The molecule has 1 atom stereocenters. The van der Waals surface area contributed by atoms with Crippen LogP contribution in [0.4, 0.5) is 0 Å². The summed E-state index contributed by atoms with van der Waals surface area (Å²) in [6.07, 6.45) is 4.16. The lowest BCUT2D eigenvalue weighted by Crippen LogP contribution is -2.32. The maximum Gasteiger partial charge on any atom is 0.0795 e. The van der Waals surface area contributed by atoms with Gasteiger partial charge in [-0.1, -0.05) is 0 Å². The van der Waals surface area contributed by atoms with Gasteiger partial charge in [-0.15, -0.1) is 11.3 Å². The lowest BCUT2D eigenvalue weighted by Gasteiger charge is -2.15. The number of nitrogens with zero attached hydrogens (tertiary/aromatic N) is 2. The fourth-order valence-corrected chi connectivity index (χ4v) is 2.86. The number of hydrogen-bond donors (Lipinski definition) is 1. The van der Waals surface area contributed by atoms with Crippen molar-refractivity contribution in [3.63, 3.8) is 0 Å². The molecule has 82 valence electrons. The van der Waals surface area contributed by atoms with E-state index in [-0.39, 0.29) is 0 Å². The van der Waals surface area contributed by atoms with Crippen LogP contribution < -0.4 is 5.32 Å². The Morgan fingerprint density at radius 2 is 2.40 bits per heavy atom. The van der Waals surface area contributed by atoms with Crippen molar-refractivity contribution in [1.29, 1.82) is 0 Å². The Hall–Kier alpha value is -0.450. The molecule has 1 saturated carbocycles. The first-order valence-electron chi connectivity index (χ1n) is 5.76. The van der Waals surface area contributed by atoms with Crippen LogP contribution in [0.2, 0.25) is 0 Å². The number of hydrogen-bond acceptors (Lipinski definition) is 4. The molecular formula is C11H17N3S. The summed E-state index contributed by atoms with van der Waals surface area (Å²) in [6, 6.07) is 1.61. The normalized spacial score (nSPS) is 27.3. The van der Waals surface area contributed by atoms with Crippen LogP contribution >= 0.6 is 11.3 Å². The summed E-state index contributed by atoms with van der Waals surface area (Å²) >= 11 is 1.68. The van der Waals surface area contributed by atoms with E-state index in [0.29, 0.717) is 6.04 Å². The Balaban J connectivity index is 1.44. The van der Waals surface area contributed by atoms with Crippen LogP contribution in [0, 0.1) is 0 Å². The van der Waals surface area contributed by atoms with Gasteiger partial charge < -0.3 is 5.32 Å². The van der Waals surface area contributed by atoms with Crippen molar-refractivity contribution >= 4 is 11.3 Å². The van der Waals surface area contributed by atoms with E-state index < -0.39 is 0 Å². The number of nitrogens with one attached hydrogen (secondary N) is 1. The minimum atomic E-state index is 0.687. The Labute approximate surface area is 94.5 Å². The van der Waals surface area contributed by atoms with Crippen LogP contribution in [0.3, 0.4) is 0 Å². The van der Waals surface area contributed by atoms with Gasteiger partial charge in [-0.25, -0.2) is 4.98 Å². The van der Waals surface area contributed by atoms with E-state index in [1.165, 1.54) is 38.0 Å². The van der Waals surface area contributed by atoms with Gasteiger partial charge in [-0.05, 0) is 19.3 Å². The number of likely N-dealkylation sites (tertiary alicyclic amines) is 1. The van der Waals surface area contributed by atoms with Gasteiger partial charge in [0, 0.05) is 37.1 Å². The van der Waals surface area contributed by atoms with Crippen molar-refractivity contribution in [2.45, 2.75) is 37.9 Å². The largest absolute Gasteiger partial charge is 0.307 e. The molecule has 3 nitrogen and oxygen atoms in total. The lowest BCUT2D eigenvalue weighted by molar-refractivity contribution is 0.317. The summed E-state index contributed by atoms with van der Waals surface area (Å²) in [7, 11) is 0. The average molecular weight is 223 g/mol. The maximum absolute atomic E-state index is 4.29. The third kappa shape index (κ3) is 2.38. The summed E-state index contributed by atoms with van der Waals surface area (Å²) in [5, 5.41) is 5.72. The van der Waals surface area contributed by atoms with Gasteiger partial charge in [-0.3, -0.25) is 4.90 Å². The predicted octanol–water partition coefficient (Wildman–Crippen LogP) is 1.47. The summed E-state index contributed by atoms with van der Waals surface area (Å²) < 4.78 is 0. The maximum atomic E-state index is 4.29. The Bertz CT molecular complexity index is 308. The van der Waals surface area contributed by atoms with E-state index in [2.05, 4.69) is 20.6 Å². The van der Waals surface area contributed by atoms with Crippen LogP contribution in [0.15, 0.2) is 10.9 Å². The lowest BCUT2D eigenvalue weighted by atomic mass is 10.2. The topological polar surface area (TPSA) is 28.2 Å². The summed E-state index contributed by atoms with van der Waals surface area (Å²) in [5.41, 5.74) is 3.09. The first-order valence-corrected chi connectivity index (χ1v) is 6.70. The molecule has 0 amide bonds. The summed E-state index contributed by atoms with van der Waals surface area (Å²) in [6.45, 7) is 3.47. The molecule has 15 heavy (non-hydrogen) atoms. The fourth-order valence-electron chi connectivity index (χ4n) is 2.30. The Morgan fingerprint density at radius 1 is 1.47 bits per heavy atom. The second kappa shape index (κ2) is 4.20. The molecule has 1 aliphatic heterocycles. The molecule has 2 fully saturated rings. The zero-order chi connectivity index (χ0) is 10.1. The second-order valence-electron chi connectivity index (χ2n) is 4.57. The highest BCUT2D eigenvalue weighted by molar-refractivity contribution is 7.07. The zero-order valence-corrected chi connectivity index (χ0v) is 9.67. The standard InChI is InChI=1S/C11H17N3S/c1-2-11(1)14-4-3-9(6-14)12-5-10-7-15-8-13-10/h7-9,11-12H,1-6H2. The van der Waals surface area contributed by atoms with Gasteiger partial charge in [0.2, 0.25) is 0 Å². The molecule has 1 aromatic heterocycles. The highest BCUT2D eigenvalue weighted by Gasteiger charge is 2.33. The van der Waals surface area contributed by atoms with Crippen molar-refractivity contribution in [2.24, 2.45) is 0 Å². The van der Waals surface area contributed by atoms with Crippen LogP contribution in [-0.2, 0) is 6.54 Å². The van der Waals surface area contributed by atoms with Crippen molar-refractivity contribution in [3.05, 3.63) is 16.6 Å². The number of thiazole rings is 1. The smallest absolute Gasteiger partial charge is 0.0795 e. The first kappa shape index (κ1) is 9.75. The van der Waals surface area contributed by atoms with Crippen molar-refractivity contribution in [2.75, 3.05) is 13.1 Å². The van der Waals surface area contributed by atoms with Crippen LogP contribution in [0.5, 0.6) is 0 Å². The molecule has 2 aliphatic rings. The molecule has 0 bridgehead atoms. The third-order valence-corrected chi connectivity index (χ3v) is 3.97. The van der Waals surface area contributed by atoms with Gasteiger partial charge in [-0.2, -0.15) is 0 Å². The molecule has 1 unspecified atom stereocenters. The predicted molar refractivity (Wildman–Crippen MR) is 62.0 cm³/mol. The van der Waals surface area contributed by atoms with E-state index in [9.17, 15) is 0 Å². The molecule has 4 heteroatoms. The van der Waals surface area contributed by atoms with E-state index in [1.54, 1.807) is 11.3 Å². The Kier molecular flexibility index (Phi) is 2.73. The fraction of sp³-hybridized carbons (Fsp3) is 0.727. The van der Waals surface area contributed by atoms with E-state index in [0.717, 1.165) is 12.6 Å². The van der Waals surface area contributed by atoms with Crippen molar-refractivity contribution in [3.8, 4) is 0 Å². The second-order valence-corrected chi connectivity index (χ2v) is 5.29. The molecular weight excluding hydrogens is 206 g/mol. The van der Waals surface area contributed by atoms with Gasteiger partial charge in [0.25, 0.3) is 0 Å². The highest BCUT2D eigenvalue weighted by Crippen LogP contribution is 2.29. The van der Waals surface area contributed by atoms with Gasteiger partial charge in [0.15, 0.2) is 0 Å². The van der Waals surface area contributed by atoms with Crippen LogP contribution in [0.25, 0.3) is 0 Å². The average Bonchev–Trinajstić information content (AvgIpc) is 2.82. The minimum Gasteiger partial charge on any atom is -0.307 e. The molecule has 2 heterocycles. The molecule has 1 N–H and O–H groups in total. The molecule has 1 aliphatic carbocycles. The molecule has 1 aromatic rings. The van der Waals surface area contributed by atoms with E-state index >= 15 is 0 Å². The zero-order valence-electron chi connectivity index (χ0n) is 8.85. The molecule has 1 saturated heterocycles. The van der Waals surface area contributed by atoms with Gasteiger partial charge >= 0.3 is 0 Å². The first-order chi connectivity index (χ1) is 7.42. The van der Waals surface area contributed by atoms with Crippen LogP contribution in [-0.4, -0.2) is 35.1 Å². The molecule has 0 spiro atoms. The highest BCUT2D eigenvalue weighted by atomic mass is 32.1. The summed E-state index contributed by atoms with van der Waals surface area (Å²) in [4.78, 5) is 6.92. The van der Waals surface area contributed by atoms with Gasteiger partial charge in [0.1, 0.15) is 0 Å². The van der Waals surface area contributed by atoms with Crippen molar-refractivity contribution < 1.29 is 0 Å². The minimum absolute atomic E-state index is 0.687. The number of aromatic nitrogens is 1. The summed E-state index contributed by atoms with van der Waals surface area (Å²) in [5.74, 6) is 0. The third-order valence-electron chi connectivity index (χ3n) is 3.34. The molecule has 0 aromatic carbocycles. The quantitative estimate of drug-likeness (QED) is 0.838. The molecule has 3 rings (SSSR count). The Morgan fingerprint density at radius 3 is 3.13 bits per heavy atom. The van der Waals surface area contributed by atoms with Gasteiger partial charge in [0.05, 0.1) is 11.2 Å². The SMILES string of the molecule is c1nc(CNC2CCN(C3CC3)C2)cs1.